The zero-order chi connectivity index (χ0) is 21.3. The Morgan fingerprint density at radius 3 is 2.77 bits per heavy atom. The monoisotopic (exact) mass is 411 g/mol. The molecule has 0 radical (unpaired) electrons. The van der Waals surface area contributed by atoms with Crippen molar-refractivity contribution in [3.8, 4) is 11.5 Å². The van der Waals surface area contributed by atoms with Crippen LogP contribution in [0.25, 0.3) is 0 Å². The third kappa shape index (κ3) is 5.28. The summed E-state index contributed by atoms with van der Waals surface area (Å²) >= 11 is 0. The Bertz CT molecular complexity index is 1020. The lowest BCUT2D eigenvalue weighted by Gasteiger charge is -2.11. The molecule has 2 heterocycles. The molecule has 0 fully saturated rings. The van der Waals surface area contributed by atoms with Crippen molar-refractivity contribution in [2.24, 2.45) is 5.10 Å². The molecule has 0 aliphatic rings. The summed E-state index contributed by atoms with van der Waals surface area (Å²) in [5.41, 5.74) is 3.57. The zero-order valence-corrected chi connectivity index (χ0v) is 16.5. The molecule has 9 heteroatoms. The first-order valence-corrected chi connectivity index (χ1v) is 9.14. The summed E-state index contributed by atoms with van der Waals surface area (Å²) in [5, 5.41) is 3.95. The summed E-state index contributed by atoms with van der Waals surface area (Å²) in [7, 11) is 1.28. The van der Waals surface area contributed by atoms with E-state index in [1.165, 1.54) is 19.4 Å². The second kappa shape index (κ2) is 9.97. The number of ether oxygens (including phenoxy) is 3. The zero-order valence-electron chi connectivity index (χ0n) is 16.5. The molecule has 0 spiro atoms. The summed E-state index contributed by atoms with van der Waals surface area (Å²) in [6.07, 6.45) is 3.16. The number of hydrogen-bond acceptors (Lipinski definition) is 7. The second-order valence-electron chi connectivity index (χ2n) is 5.97. The van der Waals surface area contributed by atoms with Crippen LogP contribution in [0.15, 0.2) is 58.2 Å². The van der Waals surface area contributed by atoms with E-state index >= 15 is 0 Å². The fraction of sp³-hybridized carbons (Fsp3) is 0.190. The molecule has 1 amide bonds. The van der Waals surface area contributed by atoms with Gasteiger partial charge in [-0.2, -0.15) is 5.10 Å². The topological polar surface area (TPSA) is 115 Å². The van der Waals surface area contributed by atoms with Crippen LogP contribution in [0.4, 0.5) is 0 Å². The molecule has 30 heavy (non-hydrogen) atoms. The minimum atomic E-state index is -0.553. The maximum atomic E-state index is 11.9. The molecule has 3 rings (SSSR count). The quantitative estimate of drug-likeness (QED) is 0.318. The van der Waals surface area contributed by atoms with E-state index < -0.39 is 5.97 Å². The number of rotatable bonds is 9. The van der Waals surface area contributed by atoms with Gasteiger partial charge in [-0.25, -0.2) is 10.2 Å². The summed E-state index contributed by atoms with van der Waals surface area (Å²) < 4.78 is 21.4. The fourth-order valence-corrected chi connectivity index (χ4v) is 2.50. The van der Waals surface area contributed by atoms with E-state index in [-0.39, 0.29) is 18.3 Å². The standard InChI is InChI=1S/C21H21N3O6/c1-3-28-19-11-14(12-23-24-20(25)16-5-4-10-22-16)6-8-17(19)29-13-15-7-9-18(30-15)21(26)27-2/h4-12,22H,3,13H2,1-2H3,(H,24,25)/b23-12-. The molecule has 0 saturated carbocycles. The van der Waals surface area contributed by atoms with Gasteiger partial charge < -0.3 is 23.6 Å². The van der Waals surface area contributed by atoms with Gasteiger partial charge in [-0.1, -0.05) is 0 Å². The van der Waals surface area contributed by atoms with Crippen molar-refractivity contribution in [2.45, 2.75) is 13.5 Å². The van der Waals surface area contributed by atoms with Gasteiger partial charge in [0.2, 0.25) is 5.76 Å². The summed E-state index contributed by atoms with van der Waals surface area (Å²) in [6, 6.07) is 11.8. The highest BCUT2D eigenvalue weighted by Gasteiger charge is 2.13. The third-order valence-electron chi connectivity index (χ3n) is 3.91. The van der Waals surface area contributed by atoms with E-state index in [9.17, 15) is 9.59 Å². The highest BCUT2D eigenvalue weighted by Crippen LogP contribution is 2.29. The maximum Gasteiger partial charge on any atom is 0.373 e. The molecule has 0 aliphatic carbocycles. The molecule has 3 aromatic rings. The number of aromatic nitrogens is 1. The number of nitrogens with one attached hydrogen (secondary N) is 2. The number of aromatic amines is 1. The average Bonchev–Trinajstić information content (AvgIpc) is 3.45. The van der Waals surface area contributed by atoms with Gasteiger partial charge in [0, 0.05) is 6.20 Å². The van der Waals surface area contributed by atoms with Crippen molar-refractivity contribution < 1.29 is 28.2 Å². The minimum absolute atomic E-state index is 0.106. The molecule has 0 unspecified atom stereocenters. The smallest absolute Gasteiger partial charge is 0.373 e. The summed E-state index contributed by atoms with van der Waals surface area (Å²) in [5.74, 6) is 0.691. The second-order valence-corrected chi connectivity index (χ2v) is 5.97. The number of hydrazone groups is 1. The van der Waals surface area contributed by atoms with Crippen molar-refractivity contribution in [3.63, 3.8) is 0 Å². The molecule has 156 valence electrons. The summed E-state index contributed by atoms with van der Waals surface area (Å²) in [4.78, 5) is 26.1. The van der Waals surface area contributed by atoms with Crippen LogP contribution >= 0.6 is 0 Å². The first kappa shape index (κ1) is 20.7. The fourth-order valence-electron chi connectivity index (χ4n) is 2.50. The Hall–Kier alpha value is -4.01. The maximum absolute atomic E-state index is 11.9. The van der Waals surface area contributed by atoms with Gasteiger partial charge in [-0.05, 0) is 55.0 Å². The van der Waals surface area contributed by atoms with Crippen molar-refractivity contribution in [1.82, 2.24) is 10.4 Å². The first-order chi connectivity index (χ1) is 14.6. The van der Waals surface area contributed by atoms with E-state index in [1.54, 1.807) is 42.6 Å². The predicted octanol–water partition coefficient (Wildman–Crippen LogP) is 3.14. The third-order valence-corrected chi connectivity index (χ3v) is 3.91. The number of nitrogens with zero attached hydrogens (tertiary/aromatic N) is 1. The van der Waals surface area contributed by atoms with Gasteiger partial charge in [0.25, 0.3) is 5.91 Å². The average molecular weight is 411 g/mol. The van der Waals surface area contributed by atoms with E-state index in [0.29, 0.717) is 35.1 Å². The van der Waals surface area contributed by atoms with Gasteiger partial charge in [0.05, 0.1) is 19.9 Å². The number of H-pyrrole nitrogens is 1. The SMILES string of the molecule is CCOc1cc(/C=N\NC(=O)c2ccc[nH]2)ccc1OCc1ccc(C(=O)OC)o1. The predicted molar refractivity (Wildman–Crippen MR) is 108 cm³/mol. The highest BCUT2D eigenvalue weighted by molar-refractivity contribution is 5.93. The van der Waals surface area contributed by atoms with Crippen LogP contribution in [0, 0.1) is 0 Å². The van der Waals surface area contributed by atoms with Crippen molar-refractivity contribution in [3.05, 3.63) is 71.4 Å². The van der Waals surface area contributed by atoms with Gasteiger partial charge in [-0.3, -0.25) is 4.79 Å². The number of carbonyl (C=O) groups is 2. The van der Waals surface area contributed by atoms with Crippen LogP contribution in [0.5, 0.6) is 11.5 Å². The molecular formula is C21H21N3O6. The number of benzene rings is 1. The van der Waals surface area contributed by atoms with Crippen LogP contribution in [0.2, 0.25) is 0 Å². The van der Waals surface area contributed by atoms with Gasteiger partial charge in [-0.15, -0.1) is 0 Å². The number of furan rings is 1. The van der Waals surface area contributed by atoms with Crippen molar-refractivity contribution in [1.29, 1.82) is 0 Å². The van der Waals surface area contributed by atoms with Gasteiger partial charge in [0.15, 0.2) is 11.5 Å². The van der Waals surface area contributed by atoms with Crippen LogP contribution in [0.1, 0.15) is 39.3 Å². The van der Waals surface area contributed by atoms with E-state index in [4.69, 9.17) is 13.9 Å². The first-order valence-electron chi connectivity index (χ1n) is 9.14. The van der Waals surface area contributed by atoms with E-state index in [1.807, 2.05) is 6.92 Å². The Kier molecular flexibility index (Phi) is 6.88. The Morgan fingerprint density at radius 2 is 2.03 bits per heavy atom. The molecule has 2 aromatic heterocycles. The number of hydrogen-bond donors (Lipinski definition) is 2. The number of carbonyl (C=O) groups excluding carboxylic acids is 2. The Morgan fingerprint density at radius 1 is 1.17 bits per heavy atom. The molecular weight excluding hydrogens is 390 g/mol. The number of esters is 1. The lowest BCUT2D eigenvalue weighted by atomic mass is 10.2. The highest BCUT2D eigenvalue weighted by atomic mass is 16.5. The van der Waals surface area contributed by atoms with Crippen LogP contribution in [-0.4, -0.2) is 36.8 Å². The van der Waals surface area contributed by atoms with Gasteiger partial charge in [0.1, 0.15) is 18.1 Å². The van der Waals surface area contributed by atoms with E-state index in [0.717, 1.165) is 0 Å². The molecule has 2 N–H and O–H groups in total. The lowest BCUT2D eigenvalue weighted by Crippen LogP contribution is -2.17. The van der Waals surface area contributed by atoms with Crippen LogP contribution in [0.3, 0.4) is 0 Å². The van der Waals surface area contributed by atoms with Crippen molar-refractivity contribution in [2.75, 3.05) is 13.7 Å². The number of amides is 1. The van der Waals surface area contributed by atoms with E-state index in [2.05, 4.69) is 20.2 Å². The molecule has 9 nitrogen and oxygen atoms in total. The van der Waals surface area contributed by atoms with Gasteiger partial charge >= 0.3 is 5.97 Å². The number of methoxy groups -OCH3 is 1. The largest absolute Gasteiger partial charge is 0.490 e. The minimum Gasteiger partial charge on any atom is -0.490 e. The molecule has 1 aromatic carbocycles. The van der Waals surface area contributed by atoms with Crippen LogP contribution in [-0.2, 0) is 11.3 Å². The van der Waals surface area contributed by atoms with Crippen LogP contribution < -0.4 is 14.9 Å². The normalized spacial score (nSPS) is 10.7. The Balaban J connectivity index is 1.64. The lowest BCUT2D eigenvalue weighted by molar-refractivity contribution is 0.0560. The molecule has 0 atom stereocenters. The van der Waals surface area contributed by atoms with Crippen molar-refractivity contribution >= 4 is 18.1 Å². The molecule has 0 aliphatic heterocycles. The Labute approximate surface area is 172 Å². The molecule has 0 bridgehead atoms. The summed E-state index contributed by atoms with van der Waals surface area (Å²) in [6.45, 7) is 2.40. The molecule has 0 saturated heterocycles.